The minimum atomic E-state index is -0.487. The van der Waals surface area contributed by atoms with Crippen molar-refractivity contribution >= 4 is 11.5 Å². The van der Waals surface area contributed by atoms with Gasteiger partial charge in [-0.2, -0.15) is 4.98 Å². The van der Waals surface area contributed by atoms with E-state index in [2.05, 4.69) is 10.3 Å². The van der Waals surface area contributed by atoms with Gasteiger partial charge < -0.3 is 10.1 Å². The molecule has 0 saturated heterocycles. The fraction of sp³-hybridized carbons (Fsp3) is 0.267. The second-order valence-corrected chi connectivity index (χ2v) is 4.47. The molecule has 1 heterocycles. The fourth-order valence-corrected chi connectivity index (χ4v) is 1.91. The lowest BCUT2D eigenvalue weighted by atomic mass is 10.1. The molecule has 21 heavy (non-hydrogen) atoms. The van der Waals surface area contributed by atoms with Crippen molar-refractivity contribution in [3.8, 4) is 5.88 Å². The van der Waals surface area contributed by atoms with Crippen LogP contribution in [0.2, 0.25) is 0 Å². The Morgan fingerprint density at radius 1 is 1.24 bits per heavy atom. The smallest absolute Gasteiger partial charge is 0.331 e. The number of nitrogens with zero attached hydrogens (tertiary/aromatic N) is 2. The van der Waals surface area contributed by atoms with Crippen LogP contribution >= 0.6 is 0 Å². The van der Waals surface area contributed by atoms with E-state index >= 15 is 0 Å². The van der Waals surface area contributed by atoms with Crippen LogP contribution in [0.1, 0.15) is 12.0 Å². The number of benzene rings is 1. The van der Waals surface area contributed by atoms with Crippen LogP contribution in [0.25, 0.3) is 0 Å². The maximum absolute atomic E-state index is 10.9. The predicted octanol–water partition coefficient (Wildman–Crippen LogP) is 3.04. The molecule has 2 rings (SSSR count). The first-order chi connectivity index (χ1) is 10.2. The summed E-state index contributed by atoms with van der Waals surface area (Å²) in [5.74, 6) is 0.596. The number of nitro groups is 1. The summed E-state index contributed by atoms with van der Waals surface area (Å²) in [6.45, 7) is 0.385. The molecule has 1 aromatic heterocycles. The van der Waals surface area contributed by atoms with Gasteiger partial charge in [-0.05, 0) is 24.5 Å². The first-order valence-corrected chi connectivity index (χ1v) is 6.70. The van der Waals surface area contributed by atoms with Gasteiger partial charge in [0.2, 0.25) is 0 Å². The van der Waals surface area contributed by atoms with E-state index in [0.717, 1.165) is 12.8 Å². The molecule has 0 unspecified atom stereocenters. The second kappa shape index (κ2) is 7.23. The van der Waals surface area contributed by atoms with Crippen LogP contribution in [-0.2, 0) is 6.42 Å². The van der Waals surface area contributed by atoms with Crippen LogP contribution in [-0.4, -0.2) is 23.6 Å². The van der Waals surface area contributed by atoms with Crippen molar-refractivity contribution in [3.05, 3.63) is 58.1 Å². The Balaban J connectivity index is 1.94. The Morgan fingerprint density at radius 2 is 2.00 bits per heavy atom. The van der Waals surface area contributed by atoms with Crippen LogP contribution in [0.5, 0.6) is 5.88 Å². The van der Waals surface area contributed by atoms with Crippen molar-refractivity contribution in [2.24, 2.45) is 0 Å². The van der Waals surface area contributed by atoms with E-state index in [4.69, 9.17) is 4.74 Å². The molecule has 0 amide bonds. The molecular weight excluding hydrogens is 270 g/mol. The Bertz CT molecular complexity index is 602. The first-order valence-electron chi connectivity index (χ1n) is 6.70. The van der Waals surface area contributed by atoms with Crippen LogP contribution in [0, 0.1) is 10.1 Å². The summed E-state index contributed by atoms with van der Waals surface area (Å²) >= 11 is 0. The molecule has 6 heteroatoms. The summed E-state index contributed by atoms with van der Waals surface area (Å²) < 4.78 is 5.47. The summed E-state index contributed by atoms with van der Waals surface area (Å²) in [5.41, 5.74) is 1.10. The highest BCUT2D eigenvalue weighted by molar-refractivity contribution is 5.48. The van der Waals surface area contributed by atoms with E-state index in [1.54, 1.807) is 13.1 Å². The number of aromatic nitrogens is 1. The van der Waals surface area contributed by atoms with Gasteiger partial charge in [0, 0.05) is 13.1 Å². The summed E-state index contributed by atoms with van der Waals surface area (Å²) in [7, 11) is 1.70. The number of ether oxygens (including phenoxy) is 1. The molecule has 0 atom stereocenters. The number of hydrogen-bond acceptors (Lipinski definition) is 5. The molecule has 2 aromatic rings. The van der Waals surface area contributed by atoms with Gasteiger partial charge in [-0.25, -0.2) is 0 Å². The third-order valence-electron chi connectivity index (χ3n) is 2.98. The maximum Gasteiger partial charge on any atom is 0.331 e. The third-order valence-corrected chi connectivity index (χ3v) is 2.98. The SMILES string of the molecule is CNc1ccc([N+](=O)[O-])c(OCCCc2ccccc2)n1. The van der Waals surface area contributed by atoms with Gasteiger partial charge in [0.25, 0.3) is 5.88 Å². The van der Waals surface area contributed by atoms with Crippen molar-refractivity contribution in [3.63, 3.8) is 0 Å². The summed E-state index contributed by atoms with van der Waals surface area (Å²) in [4.78, 5) is 14.5. The van der Waals surface area contributed by atoms with Crippen LogP contribution in [0.3, 0.4) is 0 Å². The summed E-state index contributed by atoms with van der Waals surface area (Å²) in [6.07, 6.45) is 1.63. The molecule has 0 fully saturated rings. The topological polar surface area (TPSA) is 77.3 Å². The molecule has 1 aromatic carbocycles. The Morgan fingerprint density at radius 3 is 2.67 bits per heavy atom. The molecule has 0 radical (unpaired) electrons. The molecule has 0 saturated carbocycles. The molecule has 0 aliphatic heterocycles. The summed E-state index contributed by atoms with van der Waals surface area (Å²) in [5, 5.41) is 13.8. The van der Waals surface area contributed by atoms with Crippen LogP contribution < -0.4 is 10.1 Å². The molecular formula is C15H17N3O3. The highest BCUT2D eigenvalue weighted by atomic mass is 16.6. The number of pyridine rings is 1. The van der Waals surface area contributed by atoms with Gasteiger partial charge in [0.15, 0.2) is 0 Å². The van der Waals surface area contributed by atoms with Gasteiger partial charge in [-0.3, -0.25) is 10.1 Å². The van der Waals surface area contributed by atoms with Gasteiger partial charge in [0.05, 0.1) is 11.5 Å². The Hall–Kier alpha value is -2.63. The maximum atomic E-state index is 10.9. The number of anilines is 1. The molecule has 0 spiro atoms. The van der Waals surface area contributed by atoms with E-state index in [9.17, 15) is 10.1 Å². The van der Waals surface area contributed by atoms with E-state index in [0.29, 0.717) is 12.4 Å². The Labute approximate surface area is 122 Å². The number of nitrogens with one attached hydrogen (secondary N) is 1. The van der Waals surface area contributed by atoms with E-state index in [-0.39, 0.29) is 11.6 Å². The lowest BCUT2D eigenvalue weighted by Crippen LogP contribution is -2.05. The highest BCUT2D eigenvalue weighted by Crippen LogP contribution is 2.26. The lowest BCUT2D eigenvalue weighted by Gasteiger charge is -2.07. The van der Waals surface area contributed by atoms with Gasteiger partial charge in [-0.15, -0.1) is 0 Å². The average Bonchev–Trinajstić information content (AvgIpc) is 2.52. The zero-order valence-corrected chi connectivity index (χ0v) is 11.8. The monoisotopic (exact) mass is 287 g/mol. The normalized spacial score (nSPS) is 10.1. The van der Waals surface area contributed by atoms with Crippen molar-refractivity contribution < 1.29 is 9.66 Å². The zero-order chi connectivity index (χ0) is 15.1. The van der Waals surface area contributed by atoms with Crippen molar-refractivity contribution in [2.75, 3.05) is 19.0 Å². The lowest BCUT2D eigenvalue weighted by molar-refractivity contribution is -0.386. The molecule has 0 bridgehead atoms. The standard InChI is InChI=1S/C15H17N3O3/c1-16-14-10-9-13(18(19)20)15(17-14)21-11-5-8-12-6-3-2-4-7-12/h2-4,6-7,9-10H,5,8,11H2,1H3,(H,16,17). The minimum Gasteiger partial charge on any atom is -0.473 e. The predicted molar refractivity (Wildman–Crippen MR) is 80.7 cm³/mol. The summed E-state index contributed by atoms with van der Waals surface area (Å²) in [6, 6.07) is 13.0. The second-order valence-electron chi connectivity index (χ2n) is 4.47. The van der Waals surface area contributed by atoms with E-state index in [1.807, 2.05) is 30.3 Å². The van der Waals surface area contributed by atoms with Crippen LogP contribution in [0.4, 0.5) is 11.5 Å². The number of rotatable bonds is 7. The average molecular weight is 287 g/mol. The number of hydrogen-bond donors (Lipinski definition) is 1. The molecule has 6 nitrogen and oxygen atoms in total. The largest absolute Gasteiger partial charge is 0.473 e. The van der Waals surface area contributed by atoms with Gasteiger partial charge >= 0.3 is 5.69 Å². The zero-order valence-electron chi connectivity index (χ0n) is 11.8. The number of aryl methyl sites for hydroxylation is 1. The molecule has 110 valence electrons. The Kier molecular flexibility index (Phi) is 5.09. The van der Waals surface area contributed by atoms with E-state index < -0.39 is 4.92 Å². The van der Waals surface area contributed by atoms with E-state index in [1.165, 1.54) is 11.6 Å². The molecule has 0 aliphatic rings. The quantitative estimate of drug-likeness (QED) is 0.481. The van der Waals surface area contributed by atoms with Crippen molar-refractivity contribution in [1.29, 1.82) is 0 Å². The van der Waals surface area contributed by atoms with Crippen molar-refractivity contribution in [2.45, 2.75) is 12.8 Å². The van der Waals surface area contributed by atoms with Gasteiger partial charge in [-0.1, -0.05) is 30.3 Å². The minimum absolute atomic E-state index is 0.0555. The highest BCUT2D eigenvalue weighted by Gasteiger charge is 2.17. The molecule has 0 aliphatic carbocycles. The van der Waals surface area contributed by atoms with Gasteiger partial charge in [0.1, 0.15) is 5.82 Å². The fourth-order valence-electron chi connectivity index (χ4n) is 1.91. The third kappa shape index (κ3) is 4.17. The molecule has 1 N–H and O–H groups in total. The first kappa shape index (κ1) is 14.8. The van der Waals surface area contributed by atoms with Crippen LogP contribution in [0.15, 0.2) is 42.5 Å². The van der Waals surface area contributed by atoms with Crippen molar-refractivity contribution in [1.82, 2.24) is 4.98 Å².